The number of rotatable bonds is 5. The molecule has 172 valence electrons. The van der Waals surface area contributed by atoms with E-state index in [0.717, 1.165) is 23.4 Å². The topological polar surface area (TPSA) is 67.4 Å². The fraction of sp³-hybridized carbons (Fsp3) is 0.333. The van der Waals surface area contributed by atoms with Crippen LogP contribution in [0.2, 0.25) is 0 Å². The summed E-state index contributed by atoms with van der Waals surface area (Å²) in [6.45, 7) is 8.50. The quantitative estimate of drug-likeness (QED) is 0.637. The highest BCUT2D eigenvalue weighted by Crippen LogP contribution is 2.46. The third-order valence-corrected chi connectivity index (χ3v) is 6.11. The van der Waals surface area contributed by atoms with Gasteiger partial charge in [-0.05, 0) is 67.6 Å². The number of nitrogens with one attached hydrogen (secondary N) is 2. The van der Waals surface area contributed by atoms with Crippen molar-refractivity contribution in [1.82, 2.24) is 5.32 Å². The number of anilines is 1. The molecule has 0 saturated heterocycles. The maximum Gasteiger partial charge on any atom is 0.254 e. The number of dihydropyridines is 1. The lowest BCUT2D eigenvalue weighted by Crippen LogP contribution is -2.39. The fourth-order valence-electron chi connectivity index (χ4n) is 4.73. The molecule has 1 amide bonds. The van der Waals surface area contributed by atoms with Crippen molar-refractivity contribution < 1.29 is 18.7 Å². The molecule has 1 heterocycles. The lowest BCUT2D eigenvalue weighted by molar-refractivity contribution is -0.118. The maximum atomic E-state index is 13.5. The Bertz CT molecular complexity index is 1140. The van der Waals surface area contributed by atoms with Crippen LogP contribution in [0.25, 0.3) is 0 Å². The molecule has 4 rings (SSSR count). The molecule has 1 aliphatic carbocycles. The Hall–Kier alpha value is -3.41. The molecule has 2 aromatic carbocycles. The molecule has 0 radical (unpaired) electrons. The Morgan fingerprint density at radius 3 is 2.42 bits per heavy atom. The van der Waals surface area contributed by atoms with Gasteiger partial charge in [0, 0.05) is 40.6 Å². The van der Waals surface area contributed by atoms with Gasteiger partial charge in [-0.2, -0.15) is 0 Å². The van der Waals surface area contributed by atoms with E-state index in [1.54, 1.807) is 0 Å². The molecule has 0 fully saturated rings. The maximum absolute atomic E-state index is 13.5. The summed E-state index contributed by atoms with van der Waals surface area (Å²) in [4.78, 5) is 26.8. The van der Waals surface area contributed by atoms with Crippen molar-refractivity contribution in [2.24, 2.45) is 5.41 Å². The molecular weight excluding hydrogens is 419 g/mol. The minimum atomic E-state index is -0.499. The Kier molecular flexibility index (Phi) is 6.11. The van der Waals surface area contributed by atoms with Gasteiger partial charge in [-0.25, -0.2) is 4.39 Å². The molecule has 2 N–H and O–H groups in total. The molecule has 33 heavy (non-hydrogen) atoms. The van der Waals surface area contributed by atoms with Crippen molar-refractivity contribution in [3.63, 3.8) is 0 Å². The number of Topliss-reactive ketones (excluding diaryl/α,β-unsaturated/α-hetero) is 1. The molecule has 0 saturated carbocycles. The van der Waals surface area contributed by atoms with Crippen LogP contribution < -0.4 is 15.4 Å². The van der Waals surface area contributed by atoms with Crippen molar-refractivity contribution in [3.8, 4) is 5.75 Å². The number of hydrogen-bond donors (Lipinski definition) is 2. The van der Waals surface area contributed by atoms with Crippen molar-refractivity contribution >= 4 is 17.4 Å². The first-order valence-corrected chi connectivity index (χ1v) is 11.2. The van der Waals surface area contributed by atoms with Gasteiger partial charge in [0.15, 0.2) is 5.78 Å². The fourth-order valence-corrected chi connectivity index (χ4v) is 4.73. The van der Waals surface area contributed by atoms with Crippen LogP contribution in [-0.2, 0) is 9.59 Å². The average Bonchev–Trinajstić information content (AvgIpc) is 2.74. The normalized spacial score (nSPS) is 19.7. The zero-order chi connectivity index (χ0) is 23.8. The number of carbonyl (C=O) groups is 2. The highest BCUT2D eigenvalue weighted by atomic mass is 19.1. The lowest BCUT2D eigenvalue weighted by Gasteiger charge is -2.39. The van der Waals surface area contributed by atoms with Gasteiger partial charge in [0.2, 0.25) is 0 Å². The number of halogens is 1. The number of allylic oxidation sites excluding steroid dienone is 3. The van der Waals surface area contributed by atoms with Crippen LogP contribution in [0.4, 0.5) is 10.1 Å². The van der Waals surface area contributed by atoms with Crippen molar-refractivity contribution in [2.75, 3.05) is 11.9 Å². The SMILES string of the molecule is CCOc1ccc(C2C(C(=O)Nc3ccc(F)cc3)=C(C)NC3=C2C(=O)CC(C)(C)C3)cc1. The number of ether oxygens (including phenoxy) is 1. The van der Waals surface area contributed by atoms with Crippen molar-refractivity contribution in [2.45, 2.75) is 46.5 Å². The van der Waals surface area contributed by atoms with E-state index in [-0.39, 0.29) is 22.9 Å². The largest absolute Gasteiger partial charge is 0.494 e. The van der Waals surface area contributed by atoms with E-state index in [4.69, 9.17) is 4.74 Å². The van der Waals surface area contributed by atoms with Crippen molar-refractivity contribution in [3.05, 3.63) is 82.5 Å². The number of hydrogen-bond acceptors (Lipinski definition) is 4. The minimum Gasteiger partial charge on any atom is -0.494 e. The van der Waals surface area contributed by atoms with Crippen LogP contribution in [-0.4, -0.2) is 18.3 Å². The smallest absolute Gasteiger partial charge is 0.254 e. The minimum absolute atomic E-state index is 0.0483. The summed E-state index contributed by atoms with van der Waals surface area (Å²) < 4.78 is 18.9. The van der Waals surface area contributed by atoms with Crippen LogP contribution in [0.15, 0.2) is 71.1 Å². The molecule has 0 bridgehead atoms. The van der Waals surface area contributed by atoms with Crippen LogP contribution in [0, 0.1) is 11.2 Å². The van der Waals surface area contributed by atoms with Gasteiger partial charge in [-0.3, -0.25) is 9.59 Å². The van der Waals surface area contributed by atoms with E-state index in [0.29, 0.717) is 35.6 Å². The summed E-state index contributed by atoms with van der Waals surface area (Å²) in [5.41, 5.74) is 3.90. The molecule has 1 unspecified atom stereocenters. The van der Waals surface area contributed by atoms with Crippen LogP contribution in [0.5, 0.6) is 5.75 Å². The van der Waals surface area contributed by atoms with Gasteiger partial charge in [-0.15, -0.1) is 0 Å². The standard InChI is InChI=1S/C27H29FN2O3/c1-5-33-20-12-6-17(7-13-20)24-23(26(32)30-19-10-8-18(28)9-11-19)16(2)29-21-14-27(3,4)15-22(31)25(21)24/h6-13,24,29H,5,14-15H2,1-4H3,(H,30,32). The summed E-state index contributed by atoms with van der Waals surface area (Å²) in [5, 5.41) is 6.22. The average molecular weight is 449 g/mol. The molecule has 2 aliphatic rings. The van der Waals surface area contributed by atoms with Gasteiger partial charge in [0.1, 0.15) is 11.6 Å². The first-order chi connectivity index (χ1) is 15.7. The Labute approximate surface area is 193 Å². The zero-order valence-corrected chi connectivity index (χ0v) is 19.4. The first-order valence-electron chi connectivity index (χ1n) is 11.2. The number of ketones is 1. The van der Waals surface area contributed by atoms with Crippen LogP contribution in [0.3, 0.4) is 0 Å². The second-order valence-corrected chi connectivity index (χ2v) is 9.39. The molecule has 5 nitrogen and oxygen atoms in total. The van der Waals surface area contributed by atoms with Gasteiger partial charge in [-0.1, -0.05) is 26.0 Å². The highest BCUT2D eigenvalue weighted by Gasteiger charge is 2.42. The number of carbonyl (C=O) groups excluding carboxylic acids is 2. The summed E-state index contributed by atoms with van der Waals surface area (Å²) in [7, 11) is 0. The van der Waals surface area contributed by atoms with E-state index < -0.39 is 5.92 Å². The number of amides is 1. The predicted octanol–water partition coefficient (Wildman–Crippen LogP) is 5.47. The second kappa shape index (κ2) is 8.85. The van der Waals surface area contributed by atoms with E-state index in [9.17, 15) is 14.0 Å². The Morgan fingerprint density at radius 1 is 1.12 bits per heavy atom. The van der Waals surface area contributed by atoms with Gasteiger partial charge >= 0.3 is 0 Å². The summed E-state index contributed by atoms with van der Waals surface area (Å²) in [6.07, 6.45) is 1.15. The Balaban J connectivity index is 1.77. The molecule has 0 aromatic heterocycles. The van der Waals surface area contributed by atoms with Crippen molar-refractivity contribution in [1.29, 1.82) is 0 Å². The molecule has 1 aliphatic heterocycles. The van der Waals surface area contributed by atoms with Gasteiger partial charge < -0.3 is 15.4 Å². The lowest BCUT2D eigenvalue weighted by atomic mass is 9.68. The van der Waals surface area contributed by atoms with E-state index in [2.05, 4.69) is 24.5 Å². The number of benzene rings is 2. The van der Waals surface area contributed by atoms with Gasteiger partial charge in [0.25, 0.3) is 5.91 Å². The monoisotopic (exact) mass is 448 g/mol. The molecule has 2 aromatic rings. The van der Waals surface area contributed by atoms with Crippen LogP contribution >= 0.6 is 0 Å². The van der Waals surface area contributed by atoms with Gasteiger partial charge in [0.05, 0.1) is 6.61 Å². The zero-order valence-electron chi connectivity index (χ0n) is 19.4. The molecule has 1 atom stereocenters. The summed E-state index contributed by atoms with van der Waals surface area (Å²) >= 11 is 0. The Morgan fingerprint density at radius 2 is 1.79 bits per heavy atom. The third kappa shape index (κ3) is 4.70. The molecule has 6 heteroatoms. The van der Waals surface area contributed by atoms with E-state index in [1.165, 1.54) is 24.3 Å². The van der Waals surface area contributed by atoms with Crippen LogP contribution in [0.1, 0.15) is 52.0 Å². The second-order valence-electron chi connectivity index (χ2n) is 9.39. The van der Waals surface area contributed by atoms with E-state index in [1.807, 2.05) is 38.1 Å². The molecular formula is C27H29FN2O3. The predicted molar refractivity (Wildman–Crippen MR) is 126 cm³/mol. The molecule has 0 spiro atoms. The third-order valence-electron chi connectivity index (χ3n) is 6.11. The first kappa shape index (κ1) is 22.8. The van der Waals surface area contributed by atoms with E-state index >= 15 is 0 Å². The highest BCUT2D eigenvalue weighted by molar-refractivity contribution is 6.09. The summed E-state index contributed by atoms with van der Waals surface area (Å²) in [5.74, 6) is -0.415. The summed E-state index contributed by atoms with van der Waals surface area (Å²) in [6, 6.07) is 13.2.